The number of phenols is 2. The monoisotopic (exact) mass is 676 g/mol. The molecule has 4 aliphatic rings. The lowest BCUT2D eigenvalue weighted by atomic mass is 9.56. The first-order valence-electron chi connectivity index (χ1n) is 13.5. The Morgan fingerprint density at radius 1 is 0.976 bits per heavy atom. The highest BCUT2D eigenvalue weighted by Gasteiger charge is 2.76. The lowest BCUT2D eigenvalue weighted by Gasteiger charge is -2.51. The predicted molar refractivity (Wildman–Crippen MR) is 157 cm³/mol. The molecular weight excluding hydrogens is 651 g/mol. The molecule has 220 valence electrons. The number of benzene rings is 2. The fraction of sp³-hybridized carbons (Fsp3) is 0.400. The molecule has 2 aliphatic heterocycles. The van der Waals surface area contributed by atoms with Crippen LogP contribution in [0.3, 0.4) is 0 Å². The molecule has 2 N–H and O–H groups in total. The van der Waals surface area contributed by atoms with E-state index in [1.54, 1.807) is 36.4 Å². The van der Waals surface area contributed by atoms with Crippen molar-refractivity contribution in [1.82, 2.24) is 9.80 Å². The van der Waals surface area contributed by atoms with Gasteiger partial charge in [-0.2, -0.15) is 0 Å². The summed E-state index contributed by atoms with van der Waals surface area (Å²) < 4.78 is 5.57. The molecule has 9 nitrogen and oxygen atoms in total. The third-order valence-electron chi connectivity index (χ3n) is 9.22. The van der Waals surface area contributed by atoms with Gasteiger partial charge in [-0.1, -0.05) is 45.8 Å². The van der Waals surface area contributed by atoms with Gasteiger partial charge in [-0.25, -0.2) is 0 Å². The minimum absolute atomic E-state index is 0.119. The average Bonchev–Trinajstić information content (AvgIpc) is 3.30. The molecule has 6 atom stereocenters. The van der Waals surface area contributed by atoms with E-state index in [0.29, 0.717) is 12.0 Å². The van der Waals surface area contributed by atoms with Crippen LogP contribution >= 0.6 is 39.1 Å². The standard InChI is InChI=1S/C30H27BrCl2N2O7/c1-42-21-4-2-3-20(37)23(21)24-17-9-10-18-22(19(17)13-29(32)27(40)35(14-31)28(41)30(24,29)33)26(39)34(25(18)38)12-11-15-5-7-16(36)8-6-15/h2-9,18-19,22,24,36-37H,10-14H2,1H3/t18-,19+,22-,24+,29+,30-/m0/s1. The molecule has 2 heterocycles. The molecular formula is C30H27BrCl2N2O7. The van der Waals surface area contributed by atoms with Crippen LogP contribution in [0, 0.1) is 17.8 Å². The molecule has 4 amide bonds. The molecule has 2 aromatic rings. The molecule has 0 radical (unpaired) electrons. The quantitative estimate of drug-likeness (QED) is 0.205. The summed E-state index contributed by atoms with van der Waals surface area (Å²) in [5.74, 6) is -5.27. The Hall–Kier alpha value is -3.08. The number of carbonyl (C=O) groups is 4. The first-order valence-corrected chi connectivity index (χ1v) is 15.4. The summed E-state index contributed by atoms with van der Waals surface area (Å²) in [6.45, 7) is 0.147. The van der Waals surface area contributed by atoms with Crippen molar-refractivity contribution in [1.29, 1.82) is 0 Å². The third kappa shape index (κ3) is 3.87. The predicted octanol–water partition coefficient (Wildman–Crippen LogP) is 4.06. The Kier molecular flexibility index (Phi) is 7.10. The topological polar surface area (TPSA) is 124 Å². The van der Waals surface area contributed by atoms with Crippen LogP contribution in [-0.2, 0) is 25.6 Å². The maximum atomic E-state index is 14.0. The van der Waals surface area contributed by atoms with E-state index in [9.17, 15) is 29.4 Å². The van der Waals surface area contributed by atoms with Gasteiger partial charge >= 0.3 is 0 Å². The summed E-state index contributed by atoms with van der Waals surface area (Å²) >= 11 is 17.6. The van der Waals surface area contributed by atoms with Crippen LogP contribution in [0.15, 0.2) is 54.1 Å². The van der Waals surface area contributed by atoms with Gasteiger partial charge in [-0.15, -0.1) is 23.2 Å². The summed E-state index contributed by atoms with van der Waals surface area (Å²) in [5, 5.41) is 20.7. The lowest BCUT2D eigenvalue weighted by Crippen LogP contribution is -2.60. The second-order valence-electron chi connectivity index (χ2n) is 11.1. The first-order chi connectivity index (χ1) is 20.0. The maximum absolute atomic E-state index is 14.0. The molecule has 0 spiro atoms. The van der Waals surface area contributed by atoms with Crippen molar-refractivity contribution in [3.8, 4) is 17.2 Å². The highest BCUT2D eigenvalue weighted by atomic mass is 79.9. The summed E-state index contributed by atoms with van der Waals surface area (Å²) in [6, 6.07) is 11.2. The Bertz CT molecular complexity index is 1550. The van der Waals surface area contributed by atoms with Gasteiger partial charge in [-0.05, 0) is 55.0 Å². The van der Waals surface area contributed by atoms with Crippen molar-refractivity contribution in [2.24, 2.45) is 17.8 Å². The van der Waals surface area contributed by atoms with Gasteiger partial charge in [0.2, 0.25) is 11.8 Å². The Morgan fingerprint density at radius 2 is 1.69 bits per heavy atom. The summed E-state index contributed by atoms with van der Waals surface area (Å²) in [4.78, 5) is 53.4. The second-order valence-corrected chi connectivity index (χ2v) is 12.9. The molecule has 3 fully saturated rings. The number of ether oxygens (including phenoxy) is 1. The van der Waals surface area contributed by atoms with Crippen LogP contribution in [0.2, 0.25) is 0 Å². The van der Waals surface area contributed by atoms with Crippen LogP contribution in [0.25, 0.3) is 0 Å². The fourth-order valence-corrected chi connectivity index (χ4v) is 8.67. The van der Waals surface area contributed by atoms with E-state index in [0.717, 1.165) is 10.5 Å². The number of amides is 4. The van der Waals surface area contributed by atoms with Gasteiger partial charge in [-0.3, -0.25) is 29.0 Å². The van der Waals surface area contributed by atoms with Gasteiger partial charge in [0.15, 0.2) is 9.75 Å². The summed E-state index contributed by atoms with van der Waals surface area (Å²) in [5.41, 5.74) is 1.47. The van der Waals surface area contributed by atoms with E-state index in [4.69, 9.17) is 27.9 Å². The Labute approximate surface area is 260 Å². The molecule has 0 unspecified atom stereocenters. The van der Waals surface area contributed by atoms with E-state index in [2.05, 4.69) is 15.9 Å². The van der Waals surface area contributed by atoms with Crippen LogP contribution in [0.1, 0.15) is 29.9 Å². The van der Waals surface area contributed by atoms with Crippen LogP contribution in [0.5, 0.6) is 17.2 Å². The van der Waals surface area contributed by atoms with Gasteiger partial charge in [0, 0.05) is 18.0 Å². The number of fused-ring (bicyclic) bond motifs is 4. The van der Waals surface area contributed by atoms with Crippen LogP contribution in [0.4, 0.5) is 0 Å². The van der Waals surface area contributed by atoms with Gasteiger partial charge in [0.1, 0.15) is 17.2 Å². The van der Waals surface area contributed by atoms with Crippen molar-refractivity contribution >= 4 is 62.8 Å². The van der Waals surface area contributed by atoms with Crippen LogP contribution < -0.4 is 4.74 Å². The van der Waals surface area contributed by atoms with Gasteiger partial charge in [0.05, 0.1) is 24.4 Å². The molecule has 6 rings (SSSR count). The molecule has 0 bridgehead atoms. The van der Waals surface area contributed by atoms with Crippen LogP contribution in [-0.4, -0.2) is 72.5 Å². The van der Waals surface area contributed by atoms with E-state index in [1.165, 1.54) is 18.1 Å². The highest BCUT2D eigenvalue weighted by molar-refractivity contribution is 9.09. The first kappa shape index (κ1) is 29.0. The lowest BCUT2D eigenvalue weighted by molar-refractivity contribution is -0.141. The SMILES string of the molecule is COc1cccc(O)c1[C@H]1C2=CC[C@@H]3C(=O)N(CCc4ccc(O)cc4)C(=O)[C@@H]3[C@@H]2C[C@@]2(Cl)C(=O)N(CBr)C(=O)[C@@]12Cl. The zero-order valence-corrected chi connectivity index (χ0v) is 25.5. The number of hydrogen-bond donors (Lipinski definition) is 2. The number of carbonyl (C=O) groups excluding carboxylic acids is 4. The number of nitrogens with zero attached hydrogens (tertiary/aromatic N) is 2. The van der Waals surface area contributed by atoms with Crippen molar-refractivity contribution in [3.05, 3.63) is 65.2 Å². The Morgan fingerprint density at radius 3 is 2.36 bits per heavy atom. The normalized spacial score (nSPS) is 32.0. The van der Waals surface area contributed by atoms with Gasteiger partial charge in [0.25, 0.3) is 11.8 Å². The number of imide groups is 2. The largest absolute Gasteiger partial charge is 0.508 e. The second kappa shape index (κ2) is 10.3. The number of methoxy groups -OCH3 is 1. The van der Waals surface area contributed by atoms with Gasteiger partial charge < -0.3 is 14.9 Å². The molecule has 12 heteroatoms. The number of alkyl halides is 3. The number of phenolic OH excluding ortho intramolecular Hbond substituents is 2. The smallest absolute Gasteiger partial charge is 0.254 e. The Balaban J connectivity index is 1.45. The summed E-state index contributed by atoms with van der Waals surface area (Å²) in [7, 11) is 1.41. The zero-order chi connectivity index (χ0) is 30.1. The van der Waals surface area contributed by atoms with E-state index in [1.807, 2.05) is 6.08 Å². The molecule has 42 heavy (non-hydrogen) atoms. The van der Waals surface area contributed by atoms with Crippen molar-refractivity contribution in [2.75, 3.05) is 19.1 Å². The third-order valence-corrected chi connectivity index (χ3v) is 11.1. The minimum Gasteiger partial charge on any atom is -0.508 e. The molecule has 1 saturated carbocycles. The number of hydrogen-bond acceptors (Lipinski definition) is 7. The summed E-state index contributed by atoms with van der Waals surface area (Å²) in [6.07, 6.45) is 2.29. The fourth-order valence-electron chi connectivity index (χ4n) is 7.26. The number of allylic oxidation sites excluding steroid dienone is 2. The maximum Gasteiger partial charge on any atom is 0.254 e. The number of halogens is 3. The minimum atomic E-state index is -2.04. The van der Waals surface area contributed by atoms with Crippen molar-refractivity contribution in [3.63, 3.8) is 0 Å². The number of aromatic hydroxyl groups is 2. The zero-order valence-electron chi connectivity index (χ0n) is 22.4. The number of rotatable bonds is 6. The average molecular weight is 678 g/mol. The van der Waals surface area contributed by atoms with E-state index >= 15 is 0 Å². The van der Waals surface area contributed by atoms with E-state index < -0.39 is 45.2 Å². The molecule has 0 aromatic heterocycles. The molecule has 2 aromatic carbocycles. The van der Waals surface area contributed by atoms with Crippen molar-refractivity contribution < 1.29 is 34.1 Å². The molecule has 2 saturated heterocycles. The highest BCUT2D eigenvalue weighted by Crippen LogP contribution is 2.67. The van der Waals surface area contributed by atoms with E-state index in [-0.39, 0.29) is 59.5 Å². The number of likely N-dealkylation sites (tertiary alicyclic amines) is 2. The van der Waals surface area contributed by atoms with Crippen molar-refractivity contribution in [2.45, 2.75) is 34.9 Å². The molecule has 2 aliphatic carbocycles.